The first-order chi connectivity index (χ1) is 7.95. The second kappa shape index (κ2) is 5.23. The van der Waals surface area contributed by atoms with Crippen molar-refractivity contribution >= 4 is 17.3 Å². The van der Waals surface area contributed by atoms with E-state index in [1.807, 2.05) is 0 Å². The summed E-state index contributed by atoms with van der Waals surface area (Å²) in [5.41, 5.74) is 4.84. The van der Waals surface area contributed by atoms with Crippen LogP contribution in [0.1, 0.15) is 10.4 Å². The molecule has 8 heteroatoms. The quantitative estimate of drug-likeness (QED) is 0.389. The number of nitrogens with two attached hydrogens (primary N) is 1. The highest BCUT2D eigenvalue weighted by atomic mass is 16.6. The fraction of sp³-hybridized carbons (Fsp3) is 0.222. The van der Waals surface area contributed by atoms with E-state index in [1.165, 1.54) is 23.2 Å². The summed E-state index contributed by atoms with van der Waals surface area (Å²) in [6.45, 7) is 0. The molecule has 1 amide bonds. The molecule has 0 saturated heterocycles. The van der Waals surface area contributed by atoms with Gasteiger partial charge in [-0.25, -0.2) is 5.01 Å². The highest BCUT2D eigenvalue weighted by molar-refractivity contribution is 5.98. The number of anilines is 1. The van der Waals surface area contributed by atoms with Crippen LogP contribution in [-0.2, 0) is 0 Å². The van der Waals surface area contributed by atoms with Crippen LogP contribution in [0.25, 0.3) is 0 Å². The van der Waals surface area contributed by atoms with Crippen LogP contribution < -0.4 is 16.7 Å². The van der Waals surface area contributed by atoms with Crippen molar-refractivity contribution in [2.75, 3.05) is 19.5 Å². The number of hydrogen-bond acceptors (Lipinski definition) is 6. The molecule has 1 aromatic rings. The number of hydrogen-bond donors (Lipinski definition) is 3. The summed E-state index contributed by atoms with van der Waals surface area (Å²) < 4.78 is 0. The van der Waals surface area contributed by atoms with E-state index in [9.17, 15) is 14.9 Å². The minimum absolute atomic E-state index is 0.0563. The molecule has 0 heterocycles. The number of nitro benzene ring substituents is 1. The number of benzene rings is 1. The van der Waals surface area contributed by atoms with Gasteiger partial charge in [-0.1, -0.05) is 0 Å². The molecule has 92 valence electrons. The van der Waals surface area contributed by atoms with Crippen molar-refractivity contribution in [3.05, 3.63) is 33.9 Å². The summed E-state index contributed by atoms with van der Waals surface area (Å²) in [5, 5.41) is 12.2. The highest BCUT2D eigenvalue weighted by Crippen LogP contribution is 2.22. The monoisotopic (exact) mass is 239 g/mol. The summed E-state index contributed by atoms with van der Waals surface area (Å²) in [6, 6.07) is 3.96. The Morgan fingerprint density at radius 3 is 2.59 bits per heavy atom. The van der Waals surface area contributed by atoms with E-state index < -0.39 is 10.8 Å². The van der Waals surface area contributed by atoms with Crippen LogP contribution in [0.5, 0.6) is 0 Å². The SMILES string of the molecule is CN(C)NC(=O)c1cc(NN)ccc1[N+](=O)[O-]. The number of carbonyl (C=O) groups is 1. The number of carbonyl (C=O) groups excluding carboxylic acids is 1. The lowest BCUT2D eigenvalue weighted by Gasteiger charge is -2.12. The molecule has 0 aliphatic carbocycles. The molecule has 0 unspecified atom stereocenters. The van der Waals surface area contributed by atoms with Gasteiger partial charge in [0.05, 0.1) is 4.92 Å². The van der Waals surface area contributed by atoms with Gasteiger partial charge in [0, 0.05) is 25.8 Å². The number of nitrogen functional groups attached to an aromatic ring is 1. The fourth-order valence-corrected chi connectivity index (χ4v) is 1.23. The molecule has 0 bridgehead atoms. The minimum Gasteiger partial charge on any atom is -0.324 e. The van der Waals surface area contributed by atoms with Crippen LogP contribution in [0.3, 0.4) is 0 Å². The Kier molecular flexibility index (Phi) is 3.96. The van der Waals surface area contributed by atoms with Gasteiger partial charge in [0.1, 0.15) is 5.56 Å². The molecule has 0 atom stereocenters. The number of nitrogens with zero attached hydrogens (tertiary/aromatic N) is 2. The van der Waals surface area contributed by atoms with Crippen LogP contribution in [0.15, 0.2) is 18.2 Å². The smallest absolute Gasteiger partial charge is 0.282 e. The number of hydrazine groups is 2. The van der Waals surface area contributed by atoms with Crippen molar-refractivity contribution in [3.63, 3.8) is 0 Å². The van der Waals surface area contributed by atoms with Gasteiger partial charge in [0.25, 0.3) is 11.6 Å². The highest BCUT2D eigenvalue weighted by Gasteiger charge is 2.20. The van der Waals surface area contributed by atoms with Gasteiger partial charge in [-0.2, -0.15) is 0 Å². The van der Waals surface area contributed by atoms with E-state index in [0.717, 1.165) is 0 Å². The van der Waals surface area contributed by atoms with Crippen molar-refractivity contribution in [1.29, 1.82) is 0 Å². The molecule has 0 aliphatic heterocycles. The van der Waals surface area contributed by atoms with E-state index >= 15 is 0 Å². The first kappa shape index (κ1) is 12.9. The molecule has 0 saturated carbocycles. The Hall–Kier alpha value is -2.19. The Morgan fingerprint density at radius 1 is 1.47 bits per heavy atom. The van der Waals surface area contributed by atoms with Crippen LogP contribution >= 0.6 is 0 Å². The van der Waals surface area contributed by atoms with Crippen LogP contribution in [0, 0.1) is 10.1 Å². The summed E-state index contributed by atoms with van der Waals surface area (Å²) >= 11 is 0. The molecule has 17 heavy (non-hydrogen) atoms. The molecule has 1 aromatic carbocycles. The topological polar surface area (TPSA) is 114 Å². The van der Waals surface area contributed by atoms with Gasteiger partial charge in [-0.05, 0) is 12.1 Å². The van der Waals surface area contributed by atoms with Gasteiger partial charge in [0.15, 0.2) is 0 Å². The maximum atomic E-state index is 11.7. The summed E-state index contributed by atoms with van der Waals surface area (Å²) in [7, 11) is 3.21. The predicted octanol–water partition coefficient (Wildman–Crippen LogP) is 0.0868. The van der Waals surface area contributed by atoms with Crippen molar-refractivity contribution < 1.29 is 9.72 Å². The van der Waals surface area contributed by atoms with Crippen LogP contribution in [0.4, 0.5) is 11.4 Å². The molecule has 0 fully saturated rings. The lowest BCUT2D eigenvalue weighted by molar-refractivity contribution is -0.385. The van der Waals surface area contributed by atoms with Gasteiger partial charge < -0.3 is 5.43 Å². The van der Waals surface area contributed by atoms with Gasteiger partial charge in [-0.3, -0.25) is 26.2 Å². The van der Waals surface area contributed by atoms with Crippen molar-refractivity contribution in [2.45, 2.75) is 0 Å². The first-order valence-electron chi connectivity index (χ1n) is 4.69. The number of amides is 1. The molecule has 8 nitrogen and oxygen atoms in total. The zero-order valence-corrected chi connectivity index (χ0v) is 9.43. The number of nitro groups is 1. The van der Waals surface area contributed by atoms with Crippen molar-refractivity contribution in [3.8, 4) is 0 Å². The third kappa shape index (κ3) is 3.13. The molecule has 4 N–H and O–H groups in total. The second-order valence-corrected chi connectivity index (χ2v) is 3.47. The fourth-order valence-electron chi connectivity index (χ4n) is 1.23. The zero-order valence-electron chi connectivity index (χ0n) is 9.43. The zero-order chi connectivity index (χ0) is 13.0. The lowest BCUT2D eigenvalue weighted by Crippen LogP contribution is -2.36. The van der Waals surface area contributed by atoms with Crippen molar-refractivity contribution in [1.82, 2.24) is 10.4 Å². The Balaban J connectivity index is 3.17. The Morgan fingerprint density at radius 2 is 2.12 bits per heavy atom. The van der Waals surface area contributed by atoms with E-state index in [4.69, 9.17) is 5.84 Å². The van der Waals surface area contributed by atoms with Crippen LogP contribution in [-0.4, -0.2) is 29.9 Å². The van der Waals surface area contributed by atoms with Gasteiger partial charge >= 0.3 is 0 Å². The standard InChI is InChI=1S/C9H13N5O3/c1-13(2)12-9(15)7-5-6(11-10)3-4-8(7)14(16)17/h3-5,11H,10H2,1-2H3,(H,12,15). The van der Waals surface area contributed by atoms with E-state index in [2.05, 4.69) is 10.9 Å². The summed E-state index contributed by atoms with van der Waals surface area (Å²) in [4.78, 5) is 21.9. The van der Waals surface area contributed by atoms with Gasteiger partial charge in [0.2, 0.25) is 0 Å². The normalized spacial score (nSPS) is 10.1. The number of rotatable bonds is 4. The molecule has 0 aromatic heterocycles. The Bertz CT molecular complexity index is 446. The average Bonchev–Trinajstić information content (AvgIpc) is 2.27. The maximum absolute atomic E-state index is 11.7. The maximum Gasteiger partial charge on any atom is 0.282 e. The largest absolute Gasteiger partial charge is 0.324 e. The Labute approximate surface area is 97.5 Å². The molecular weight excluding hydrogens is 226 g/mol. The van der Waals surface area contributed by atoms with E-state index in [0.29, 0.717) is 5.69 Å². The third-order valence-electron chi connectivity index (χ3n) is 1.93. The third-order valence-corrected chi connectivity index (χ3v) is 1.93. The molecule has 0 radical (unpaired) electrons. The lowest BCUT2D eigenvalue weighted by atomic mass is 10.1. The summed E-state index contributed by atoms with van der Waals surface area (Å²) in [5.74, 6) is 4.61. The average molecular weight is 239 g/mol. The summed E-state index contributed by atoms with van der Waals surface area (Å²) in [6.07, 6.45) is 0. The minimum atomic E-state index is -0.620. The predicted molar refractivity (Wildman–Crippen MR) is 62.1 cm³/mol. The first-order valence-corrected chi connectivity index (χ1v) is 4.69. The molecular formula is C9H13N5O3. The van der Waals surface area contributed by atoms with Gasteiger partial charge in [-0.15, -0.1) is 0 Å². The molecule has 0 spiro atoms. The molecule has 1 rings (SSSR count). The van der Waals surface area contributed by atoms with E-state index in [1.54, 1.807) is 14.1 Å². The van der Waals surface area contributed by atoms with E-state index in [-0.39, 0.29) is 11.3 Å². The number of nitrogens with one attached hydrogen (secondary N) is 2. The second-order valence-electron chi connectivity index (χ2n) is 3.47. The van der Waals surface area contributed by atoms with Crippen molar-refractivity contribution in [2.24, 2.45) is 5.84 Å². The van der Waals surface area contributed by atoms with Crippen LogP contribution in [0.2, 0.25) is 0 Å². The molecule has 0 aliphatic rings.